The van der Waals surface area contributed by atoms with Crippen molar-refractivity contribution in [3.05, 3.63) is 30.9 Å². The average molecular weight is 150 g/mol. The van der Waals surface area contributed by atoms with Gasteiger partial charge in [-0.25, -0.2) is 4.98 Å². The first-order valence-corrected chi connectivity index (χ1v) is 3.93. The van der Waals surface area contributed by atoms with E-state index in [0.29, 0.717) is 6.04 Å². The molecule has 1 rings (SSSR count). The van der Waals surface area contributed by atoms with Crippen LogP contribution in [0.1, 0.15) is 25.7 Å². The molecule has 2 heteroatoms. The molecule has 0 aliphatic carbocycles. The molecular weight excluding hydrogens is 136 g/mol. The standard InChI is InChI=1S/C9H14N2/c1-4-8(3)11-7-6-10-9(11)5-2/h4,6-8H,1,5H2,2-3H3. The molecule has 0 spiro atoms. The number of rotatable bonds is 3. The summed E-state index contributed by atoms with van der Waals surface area (Å²) in [5.41, 5.74) is 0. The largest absolute Gasteiger partial charge is 0.328 e. The van der Waals surface area contributed by atoms with Crippen molar-refractivity contribution in [1.82, 2.24) is 9.55 Å². The zero-order chi connectivity index (χ0) is 8.27. The second kappa shape index (κ2) is 3.37. The van der Waals surface area contributed by atoms with Crippen molar-refractivity contribution in [3.8, 4) is 0 Å². The van der Waals surface area contributed by atoms with E-state index < -0.39 is 0 Å². The molecule has 0 bridgehead atoms. The molecule has 11 heavy (non-hydrogen) atoms. The third-order valence-corrected chi connectivity index (χ3v) is 1.84. The summed E-state index contributed by atoms with van der Waals surface area (Å²) in [5.74, 6) is 1.12. The third-order valence-electron chi connectivity index (χ3n) is 1.84. The molecule has 1 atom stereocenters. The van der Waals surface area contributed by atoms with Crippen LogP contribution in [0.4, 0.5) is 0 Å². The smallest absolute Gasteiger partial charge is 0.108 e. The molecule has 0 aliphatic heterocycles. The van der Waals surface area contributed by atoms with Gasteiger partial charge < -0.3 is 4.57 Å². The first-order valence-electron chi connectivity index (χ1n) is 3.93. The molecule has 0 radical (unpaired) electrons. The molecule has 0 saturated carbocycles. The highest BCUT2D eigenvalue weighted by Gasteiger charge is 2.03. The predicted octanol–water partition coefficient (Wildman–Crippen LogP) is 2.19. The molecule has 0 aromatic carbocycles. The van der Waals surface area contributed by atoms with Crippen molar-refractivity contribution >= 4 is 0 Å². The van der Waals surface area contributed by atoms with Crippen molar-refractivity contribution in [3.63, 3.8) is 0 Å². The summed E-state index contributed by atoms with van der Waals surface area (Å²) in [6, 6.07) is 0.354. The number of allylic oxidation sites excluding steroid dienone is 1. The van der Waals surface area contributed by atoms with Gasteiger partial charge >= 0.3 is 0 Å². The van der Waals surface area contributed by atoms with E-state index in [1.807, 2.05) is 18.5 Å². The number of imidazole rings is 1. The van der Waals surface area contributed by atoms with Crippen molar-refractivity contribution in [2.24, 2.45) is 0 Å². The van der Waals surface area contributed by atoms with E-state index in [1.54, 1.807) is 0 Å². The van der Waals surface area contributed by atoms with Gasteiger partial charge in [-0.15, -0.1) is 6.58 Å². The van der Waals surface area contributed by atoms with Crippen LogP contribution in [0.5, 0.6) is 0 Å². The Kier molecular flexibility index (Phi) is 2.47. The van der Waals surface area contributed by atoms with E-state index in [2.05, 4.69) is 30.0 Å². The van der Waals surface area contributed by atoms with Crippen LogP contribution in [0.25, 0.3) is 0 Å². The van der Waals surface area contributed by atoms with Crippen LogP contribution >= 0.6 is 0 Å². The Morgan fingerprint density at radius 3 is 3.09 bits per heavy atom. The zero-order valence-corrected chi connectivity index (χ0v) is 7.12. The summed E-state index contributed by atoms with van der Waals surface area (Å²) < 4.78 is 2.13. The molecule has 60 valence electrons. The lowest BCUT2D eigenvalue weighted by Gasteiger charge is -2.10. The van der Waals surface area contributed by atoms with Gasteiger partial charge in [-0.1, -0.05) is 13.0 Å². The number of hydrogen-bond donors (Lipinski definition) is 0. The number of aromatic nitrogens is 2. The molecule has 0 aliphatic rings. The van der Waals surface area contributed by atoms with Crippen LogP contribution in [-0.4, -0.2) is 9.55 Å². The topological polar surface area (TPSA) is 17.8 Å². The zero-order valence-electron chi connectivity index (χ0n) is 7.12. The van der Waals surface area contributed by atoms with Gasteiger partial charge in [-0.3, -0.25) is 0 Å². The fraction of sp³-hybridized carbons (Fsp3) is 0.444. The fourth-order valence-electron chi connectivity index (χ4n) is 1.10. The second-order valence-corrected chi connectivity index (χ2v) is 2.58. The lowest BCUT2D eigenvalue weighted by molar-refractivity contribution is 0.624. The molecule has 1 aromatic rings. The van der Waals surface area contributed by atoms with E-state index in [-0.39, 0.29) is 0 Å². The van der Waals surface area contributed by atoms with Crippen LogP contribution in [0.2, 0.25) is 0 Å². The normalized spacial score (nSPS) is 12.9. The molecule has 1 unspecified atom stereocenters. The minimum absolute atomic E-state index is 0.354. The van der Waals surface area contributed by atoms with Gasteiger partial charge in [0.25, 0.3) is 0 Å². The Hall–Kier alpha value is -1.05. The SMILES string of the molecule is C=CC(C)n1ccnc1CC. The van der Waals surface area contributed by atoms with Crippen LogP contribution in [0.15, 0.2) is 25.0 Å². The maximum atomic E-state index is 4.22. The highest BCUT2D eigenvalue weighted by Crippen LogP contribution is 2.09. The fourth-order valence-corrected chi connectivity index (χ4v) is 1.10. The maximum absolute atomic E-state index is 4.22. The number of hydrogen-bond acceptors (Lipinski definition) is 1. The second-order valence-electron chi connectivity index (χ2n) is 2.58. The summed E-state index contributed by atoms with van der Waals surface area (Å²) in [6.45, 7) is 7.95. The van der Waals surface area contributed by atoms with E-state index in [4.69, 9.17) is 0 Å². The molecular formula is C9H14N2. The Morgan fingerprint density at radius 1 is 1.82 bits per heavy atom. The minimum atomic E-state index is 0.354. The maximum Gasteiger partial charge on any atom is 0.108 e. The van der Waals surface area contributed by atoms with Crippen LogP contribution in [0, 0.1) is 0 Å². The van der Waals surface area contributed by atoms with Crippen molar-refractivity contribution < 1.29 is 0 Å². The van der Waals surface area contributed by atoms with E-state index in [1.165, 1.54) is 0 Å². The summed E-state index contributed by atoms with van der Waals surface area (Å²) in [4.78, 5) is 4.22. The lowest BCUT2D eigenvalue weighted by Crippen LogP contribution is -2.04. The third kappa shape index (κ3) is 1.50. The van der Waals surface area contributed by atoms with Crippen molar-refractivity contribution in [2.45, 2.75) is 26.3 Å². The highest BCUT2D eigenvalue weighted by molar-refractivity contribution is 4.97. The van der Waals surface area contributed by atoms with E-state index >= 15 is 0 Å². The lowest BCUT2D eigenvalue weighted by atomic mass is 10.3. The summed E-state index contributed by atoms with van der Waals surface area (Å²) >= 11 is 0. The molecule has 2 nitrogen and oxygen atoms in total. The molecule has 1 heterocycles. The number of nitrogens with zero attached hydrogens (tertiary/aromatic N) is 2. The molecule has 0 N–H and O–H groups in total. The van der Waals surface area contributed by atoms with Gasteiger partial charge in [-0.2, -0.15) is 0 Å². The Morgan fingerprint density at radius 2 is 2.55 bits per heavy atom. The quantitative estimate of drug-likeness (QED) is 0.604. The van der Waals surface area contributed by atoms with Crippen molar-refractivity contribution in [1.29, 1.82) is 0 Å². The van der Waals surface area contributed by atoms with E-state index in [0.717, 1.165) is 12.2 Å². The minimum Gasteiger partial charge on any atom is -0.328 e. The predicted molar refractivity (Wildman–Crippen MR) is 46.5 cm³/mol. The van der Waals surface area contributed by atoms with Crippen molar-refractivity contribution in [2.75, 3.05) is 0 Å². The van der Waals surface area contributed by atoms with Gasteiger partial charge in [0.05, 0.1) is 0 Å². The summed E-state index contributed by atoms with van der Waals surface area (Å²) in [7, 11) is 0. The van der Waals surface area contributed by atoms with Gasteiger partial charge in [0.1, 0.15) is 5.82 Å². The Balaban J connectivity index is 2.91. The first-order chi connectivity index (χ1) is 5.29. The monoisotopic (exact) mass is 150 g/mol. The number of aryl methyl sites for hydroxylation is 1. The Labute approximate surface area is 67.6 Å². The first kappa shape index (κ1) is 8.05. The van der Waals surface area contributed by atoms with E-state index in [9.17, 15) is 0 Å². The van der Waals surface area contributed by atoms with Gasteiger partial charge in [0.15, 0.2) is 0 Å². The van der Waals surface area contributed by atoms with Crippen LogP contribution in [0.3, 0.4) is 0 Å². The molecule has 0 amide bonds. The summed E-state index contributed by atoms with van der Waals surface area (Å²) in [6.07, 6.45) is 6.72. The van der Waals surface area contributed by atoms with Crippen LogP contribution in [-0.2, 0) is 6.42 Å². The van der Waals surface area contributed by atoms with Gasteiger partial charge in [0, 0.05) is 24.9 Å². The van der Waals surface area contributed by atoms with Gasteiger partial charge in [0.2, 0.25) is 0 Å². The summed E-state index contributed by atoms with van der Waals surface area (Å²) in [5, 5.41) is 0. The highest BCUT2D eigenvalue weighted by atomic mass is 15.1. The average Bonchev–Trinajstić information content (AvgIpc) is 2.50. The molecule has 0 saturated heterocycles. The van der Waals surface area contributed by atoms with Crippen LogP contribution < -0.4 is 0 Å². The Bertz CT molecular complexity index is 237. The molecule has 1 aromatic heterocycles. The van der Waals surface area contributed by atoms with Gasteiger partial charge in [-0.05, 0) is 6.92 Å². The molecule has 0 fully saturated rings.